The number of nitrogens with zero attached hydrogens (tertiary/aromatic N) is 1. The van der Waals surface area contributed by atoms with Crippen LogP contribution in [0.3, 0.4) is 0 Å². The van der Waals surface area contributed by atoms with Crippen molar-refractivity contribution in [3.63, 3.8) is 0 Å². The van der Waals surface area contributed by atoms with Crippen LogP contribution in [0.25, 0.3) is 0 Å². The third-order valence-corrected chi connectivity index (χ3v) is 3.75. The predicted molar refractivity (Wildman–Crippen MR) is 69.5 cm³/mol. The zero-order chi connectivity index (χ0) is 14.2. The summed E-state index contributed by atoms with van der Waals surface area (Å²) in [6.45, 7) is 6.56. The molecule has 1 aliphatic carbocycles. The smallest absolute Gasteiger partial charge is 0.410 e. The van der Waals surface area contributed by atoms with E-state index in [0.717, 1.165) is 12.8 Å². The fourth-order valence-corrected chi connectivity index (χ4v) is 2.71. The van der Waals surface area contributed by atoms with E-state index < -0.39 is 5.60 Å². The van der Waals surface area contributed by atoms with E-state index in [-0.39, 0.29) is 23.9 Å². The highest BCUT2D eigenvalue weighted by Gasteiger charge is 2.48. The molecule has 1 saturated carbocycles. The molecule has 108 valence electrons. The molecule has 5 heteroatoms. The second kappa shape index (κ2) is 5.02. The van der Waals surface area contributed by atoms with E-state index in [0.29, 0.717) is 19.0 Å². The molecule has 2 fully saturated rings. The van der Waals surface area contributed by atoms with E-state index in [1.165, 1.54) is 7.11 Å². The topological polar surface area (TPSA) is 55.8 Å². The Bertz CT molecular complexity index is 370. The van der Waals surface area contributed by atoms with Crippen LogP contribution in [0.5, 0.6) is 0 Å². The Labute approximate surface area is 114 Å². The molecule has 1 saturated heterocycles. The maximum atomic E-state index is 12.1. The van der Waals surface area contributed by atoms with Gasteiger partial charge in [0.25, 0.3) is 0 Å². The average Bonchev–Trinajstić information content (AvgIpc) is 3.05. The number of hydrogen-bond acceptors (Lipinski definition) is 4. The van der Waals surface area contributed by atoms with E-state index in [2.05, 4.69) is 0 Å². The molecule has 2 atom stereocenters. The molecule has 1 heterocycles. The molecule has 0 aromatic rings. The number of likely N-dealkylation sites (tertiary alicyclic amines) is 1. The van der Waals surface area contributed by atoms with Crippen molar-refractivity contribution in [2.24, 2.45) is 17.8 Å². The molecule has 1 amide bonds. The summed E-state index contributed by atoms with van der Waals surface area (Å²) in [5.41, 5.74) is -0.504. The third-order valence-electron chi connectivity index (χ3n) is 3.75. The molecule has 1 aliphatic heterocycles. The van der Waals surface area contributed by atoms with Crippen LogP contribution < -0.4 is 0 Å². The number of esters is 1. The Hall–Kier alpha value is -1.26. The zero-order valence-electron chi connectivity index (χ0n) is 12.1. The lowest BCUT2D eigenvalue weighted by atomic mass is 9.92. The van der Waals surface area contributed by atoms with Gasteiger partial charge in [-0.1, -0.05) is 0 Å². The van der Waals surface area contributed by atoms with E-state index in [4.69, 9.17) is 9.47 Å². The van der Waals surface area contributed by atoms with Gasteiger partial charge in [0.15, 0.2) is 0 Å². The summed E-state index contributed by atoms with van der Waals surface area (Å²) < 4.78 is 10.2. The molecule has 0 aromatic carbocycles. The summed E-state index contributed by atoms with van der Waals surface area (Å²) in [6.07, 6.45) is 1.98. The zero-order valence-corrected chi connectivity index (χ0v) is 12.1. The Morgan fingerprint density at radius 3 is 2.26 bits per heavy atom. The predicted octanol–water partition coefficient (Wildman–Crippen LogP) is 2.05. The minimum absolute atomic E-state index is 0.190. The van der Waals surface area contributed by atoms with E-state index in [1.54, 1.807) is 4.90 Å². The molecule has 0 spiro atoms. The molecule has 0 bridgehead atoms. The summed E-state index contributed by atoms with van der Waals surface area (Å²) in [5.74, 6) is 0.407. The van der Waals surface area contributed by atoms with Crippen LogP contribution in [0.4, 0.5) is 4.79 Å². The molecular weight excluding hydrogens is 246 g/mol. The lowest BCUT2D eigenvalue weighted by Gasteiger charge is -2.24. The lowest BCUT2D eigenvalue weighted by molar-refractivity contribution is -0.146. The molecule has 0 N–H and O–H groups in total. The first-order chi connectivity index (χ1) is 8.81. The summed E-state index contributed by atoms with van der Waals surface area (Å²) in [4.78, 5) is 25.5. The first-order valence-electron chi connectivity index (χ1n) is 6.87. The van der Waals surface area contributed by atoms with Gasteiger partial charge in [0.05, 0.1) is 13.0 Å². The van der Waals surface area contributed by atoms with Gasteiger partial charge in [-0.15, -0.1) is 0 Å². The van der Waals surface area contributed by atoms with Gasteiger partial charge in [-0.2, -0.15) is 0 Å². The maximum Gasteiger partial charge on any atom is 0.410 e. The van der Waals surface area contributed by atoms with Gasteiger partial charge in [0.2, 0.25) is 0 Å². The molecule has 2 aliphatic rings. The SMILES string of the molecule is COC(=O)[C@H]1CN(C(=O)OC(C)(C)C)C[C@@H]1C1CC1. The van der Waals surface area contributed by atoms with Crippen molar-refractivity contribution in [2.45, 2.75) is 39.2 Å². The van der Waals surface area contributed by atoms with Crippen molar-refractivity contribution in [1.82, 2.24) is 4.90 Å². The normalized spacial score (nSPS) is 27.3. The minimum atomic E-state index is -0.504. The quantitative estimate of drug-likeness (QED) is 0.720. The van der Waals surface area contributed by atoms with Crippen molar-refractivity contribution < 1.29 is 19.1 Å². The Morgan fingerprint density at radius 1 is 1.16 bits per heavy atom. The second-order valence-corrected chi connectivity index (χ2v) is 6.52. The lowest BCUT2D eigenvalue weighted by Crippen LogP contribution is -2.36. The van der Waals surface area contributed by atoms with Crippen molar-refractivity contribution in [3.8, 4) is 0 Å². The molecule has 0 radical (unpaired) electrons. The first-order valence-corrected chi connectivity index (χ1v) is 6.87. The van der Waals surface area contributed by atoms with E-state index in [9.17, 15) is 9.59 Å². The van der Waals surface area contributed by atoms with Crippen molar-refractivity contribution >= 4 is 12.1 Å². The third kappa shape index (κ3) is 3.39. The Morgan fingerprint density at radius 2 is 1.79 bits per heavy atom. The second-order valence-electron chi connectivity index (χ2n) is 6.52. The number of amides is 1. The first kappa shape index (κ1) is 14.2. The number of carbonyl (C=O) groups excluding carboxylic acids is 2. The molecule has 0 aromatic heterocycles. The van der Waals surface area contributed by atoms with Crippen molar-refractivity contribution in [3.05, 3.63) is 0 Å². The van der Waals surface area contributed by atoms with Crippen LogP contribution in [0.1, 0.15) is 33.6 Å². The highest BCUT2D eigenvalue weighted by Crippen LogP contribution is 2.44. The van der Waals surface area contributed by atoms with Gasteiger partial charge >= 0.3 is 12.1 Å². The Balaban J connectivity index is 2.01. The number of hydrogen-bond donors (Lipinski definition) is 0. The molecular formula is C14H23NO4. The summed E-state index contributed by atoms with van der Waals surface area (Å²) in [5, 5.41) is 0. The maximum absolute atomic E-state index is 12.1. The van der Waals surface area contributed by atoms with Crippen LogP contribution in [-0.4, -0.2) is 42.8 Å². The number of ether oxygens (including phenoxy) is 2. The minimum Gasteiger partial charge on any atom is -0.469 e. The molecule has 0 unspecified atom stereocenters. The van der Waals surface area contributed by atoms with Crippen LogP contribution in [0.15, 0.2) is 0 Å². The highest BCUT2D eigenvalue weighted by molar-refractivity contribution is 5.76. The molecule has 2 rings (SSSR count). The highest BCUT2D eigenvalue weighted by atomic mass is 16.6. The van der Waals surface area contributed by atoms with E-state index in [1.807, 2.05) is 20.8 Å². The fraction of sp³-hybridized carbons (Fsp3) is 0.857. The van der Waals surface area contributed by atoms with Crippen LogP contribution in [-0.2, 0) is 14.3 Å². The standard InChI is InChI=1S/C14H23NO4/c1-14(2,3)19-13(17)15-7-10(9-5-6-9)11(8-15)12(16)18-4/h9-11H,5-8H2,1-4H3/t10-,11+/m1/s1. The van der Waals surface area contributed by atoms with Crippen molar-refractivity contribution in [2.75, 3.05) is 20.2 Å². The van der Waals surface area contributed by atoms with Gasteiger partial charge in [-0.3, -0.25) is 4.79 Å². The van der Waals surface area contributed by atoms with Gasteiger partial charge in [0.1, 0.15) is 5.60 Å². The van der Waals surface area contributed by atoms with Crippen LogP contribution in [0, 0.1) is 17.8 Å². The molecule has 19 heavy (non-hydrogen) atoms. The van der Waals surface area contributed by atoms with Crippen LogP contribution in [0.2, 0.25) is 0 Å². The van der Waals surface area contributed by atoms with Gasteiger partial charge in [-0.25, -0.2) is 4.79 Å². The van der Waals surface area contributed by atoms with E-state index >= 15 is 0 Å². The Kier molecular flexibility index (Phi) is 3.74. The summed E-state index contributed by atoms with van der Waals surface area (Å²) >= 11 is 0. The fourth-order valence-electron chi connectivity index (χ4n) is 2.71. The number of carbonyl (C=O) groups is 2. The van der Waals surface area contributed by atoms with Gasteiger partial charge < -0.3 is 14.4 Å². The largest absolute Gasteiger partial charge is 0.469 e. The number of rotatable bonds is 2. The monoisotopic (exact) mass is 269 g/mol. The summed E-state index contributed by atoms with van der Waals surface area (Å²) in [6, 6.07) is 0. The summed E-state index contributed by atoms with van der Waals surface area (Å²) in [7, 11) is 1.41. The number of methoxy groups -OCH3 is 1. The molecule has 5 nitrogen and oxygen atoms in total. The average molecular weight is 269 g/mol. The van der Waals surface area contributed by atoms with Crippen molar-refractivity contribution in [1.29, 1.82) is 0 Å². The van der Waals surface area contributed by atoms with Gasteiger partial charge in [-0.05, 0) is 45.4 Å². The van der Waals surface area contributed by atoms with Crippen LogP contribution >= 0.6 is 0 Å². The van der Waals surface area contributed by atoms with Gasteiger partial charge in [0, 0.05) is 13.1 Å².